The van der Waals surface area contributed by atoms with Gasteiger partial charge in [-0.2, -0.15) is 0 Å². The Labute approximate surface area is 159 Å². The van der Waals surface area contributed by atoms with Gasteiger partial charge in [0.15, 0.2) is 0 Å². The summed E-state index contributed by atoms with van der Waals surface area (Å²) in [7, 11) is 0. The summed E-state index contributed by atoms with van der Waals surface area (Å²) in [5, 5.41) is 3.31. The van der Waals surface area contributed by atoms with E-state index in [0.717, 1.165) is 35.0 Å². The van der Waals surface area contributed by atoms with Crippen molar-refractivity contribution in [2.45, 2.75) is 6.54 Å². The molecular weight excluding hydrogens is 332 g/mol. The molecule has 4 aromatic rings. The van der Waals surface area contributed by atoms with Crippen LogP contribution in [0, 0.1) is 0 Å². The van der Waals surface area contributed by atoms with Crippen molar-refractivity contribution in [3.8, 4) is 22.6 Å². The molecule has 1 heterocycles. The van der Waals surface area contributed by atoms with Crippen LogP contribution in [-0.4, -0.2) is 4.98 Å². The van der Waals surface area contributed by atoms with Gasteiger partial charge in [-0.25, -0.2) is 4.98 Å². The quantitative estimate of drug-likeness (QED) is 0.452. The van der Waals surface area contributed by atoms with Crippen molar-refractivity contribution in [2.24, 2.45) is 0 Å². The van der Waals surface area contributed by atoms with Crippen molar-refractivity contribution in [2.75, 3.05) is 5.32 Å². The first kappa shape index (κ1) is 16.9. The normalized spacial score (nSPS) is 10.4. The van der Waals surface area contributed by atoms with Gasteiger partial charge in [0.2, 0.25) is 0 Å². The third-order valence-electron chi connectivity index (χ3n) is 4.26. The predicted octanol–water partition coefficient (Wildman–Crippen LogP) is 6.15. The van der Waals surface area contributed by atoms with Gasteiger partial charge in [0.05, 0.1) is 0 Å². The number of nitrogens with one attached hydrogen (secondary N) is 1. The van der Waals surface area contributed by atoms with Gasteiger partial charge < -0.3 is 10.1 Å². The highest BCUT2D eigenvalue weighted by molar-refractivity contribution is 5.70. The van der Waals surface area contributed by atoms with Crippen LogP contribution < -0.4 is 10.1 Å². The van der Waals surface area contributed by atoms with Crippen LogP contribution in [0.1, 0.15) is 5.56 Å². The molecule has 0 amide bonds. The third-order valence-corrected chi connectivity index (χ3v) is 4.26. The standard InChI is InChI=1S/C24H20N2O/c1-2-8-20(9-3-1)22-10-4-5-11-23(22)27-21-15-13-19(14-16-21)18-26-24-12-6-7-17-25-24/h1-17H,18H2,(H,25,26). The number of para-hydroxylation sites is 1. The predicted molar refractivity (Wildman–Crippen MR) is 110 cm³/mol. The van der Waals surface area contributed by atoms with Crippen LogP contribution in [0.15, 0.2) is 103 Å². The van der Waals surface area contributed by atoms with E-state index < -0.39 is 0 Å². The van der Waals surface area contributed by atoms with Gasteiger partial charge in [0.25, 0.3) is 0 Å². The Kier molecular flexibility index (Phi) is 5.11. The number of anilines is 1. The molecule has 3 heteroatoms. The Bertz CT molecular complexity index is 984. The monoisotopic (exact) mass is 352 g/mol. The number of nitrogens with zero attached hydrogens (tertiary/aromatic N) is 1. The molecule has 0 fully saturated rings. The molecule has 0 radical (unpaired) electrons. The second-order valence-electron chi connectivity index (χ2n) is 6.18. The summed E-state index contributed by atoms with van der Waals surface area (Å²) in [4.78, 5) is 4.27. The SMILES string of the molecule is c1ccc(-c2ccccc2Oc2ccc(CNc3ccccn3)cc2)cc1. The molecule has 4 rings (SSSR count). The fourth-order valence-corrected chi connectivity index (χ4v) is 2.87. The van der Waals surface area contributed by atoms with E-state index in [4.69, 9.17) is 4.74 Å². The first-order valence-corrected chi connectivity index (χ1v) is 8.95. The number of aromatic nitrogens is 1. The maximum absolute atomic E-state index is 6.15. The topological polar surface area (TPSA) is 34.1 Å². The number of pyridine rings is 1. The smallest absolute Gasteiger partial charge is 0.135 e. The lowest BCUT2D eigenvalue weighted by atomic mass is 10.0. The second kappa shape index (κ2) is 8.19. The lowest BCUT2D eigenvalue weighted by molar-refractivity contribution is 0.484. The van der Waals surface area contributed by atoms with E-state index in [1.807, 2.05) is 66.7 Å². The molecule has 0 spiro atoms. The van der Waals surface area contributed by atoms with Crippen LogP contribution in [0.4, 0.5) is 5.82 Å². The molecular formula is C24H20N2O. The van der Waals surface area contributed by atoms with E-state index in [1.54, 1.807) is 6.20 Å². The van der Waals surface area contributed by atoms with Gasteiger partial charge in [-0.05, 0) is 41.5 Å². The molecule has 0 aliphatic carbocycles. The zero-order chi connectivity index (χ0) is 18.3. The zero-order valence-corrected chi connectivity index (χ0v) is 14.9. The minimum absolute atomic E-state index is 0.720. The van der Waals surface area contributed by atoms with Crippen LogP contribution in [0.3, 0.4) is 0 Å². The Morgan fingerprint density at radius 2 is 1.44 bits per heavy atom. The van der Waals surface area contributed by atoms with Crippen molar-refractivity contribution >= 4 is 5.82 Å². The molecule has 3 aromatic carbocycles. The summed E-state index contributed by atoms with van der Waals surface area (Å²) in [6.45, 7) is 0.720. The molecule has 0 atom stereocenters. The van der Waals surface area contributed by atoms with Crippen molar-refractivity contribution in [1.82, 2.24) is 4.98 Å². The van der Waals surface area contributed by atoms with Crippen LogP contribution in [-0.2, 0) is 6.54 Å². The molecule has 132 valence electrons. The molecule has 0 unspecified atom stereocenters. The van der Waals surface area contributed by atoms with Crippen LogP contribution in [0.2, 0.25) is 0 Å². The molecule has 3 nitrogen and oxygen atoms in total. The fourth-order valence-electron chi connectivity index (χ4n) is 2.87. The van der Waals surface area contributed by atoms with E-state index in [1.165, 1.54) is 5.56 Å². The number of benzene rings is 3. The molecule has 0 aliphatic rings. The first-order valence-electron chi connectivity index (χ1n) is 8.95. The average molecular weight is 352 g/mol. The molecule has 1 N–H and O–H groups in total. The Morgan fingerprint density at radius 1 is 0.704 bits per heavy atom. The van der Waals surface area contributed by atoms with Gasteiger partial charge in [0.1, 0.15) is 17.3 Å². The van der Waals surface area contributed by atoms with Gasteiger partial charge in [0, 0.05) is 18.3 Å². The maximum atomic E-state index is 6.15. The Morgan fingerprint density at radius 3 is 2.22 bits per heavy atom. The summed E-state index contributed by atoms with van der Waals surface area (Å²) in [5.41, 5.74) is 3.40. The summed E-state index contributed by atoms with van der Waals surface area (Å²) < 4.78 is 6.15. The highest BCUT2D eigenvalue weighted by Gasteiger charge is 2.06. The van der Waals surface area contributed by atoms with E-state index in [0.29, 0.717) is 0 Å². The van der Waals surface area contributed by atoms with E-state index in [9.17, 15) is 0 Å². The summed E-state index contributed by atoms with van der Waals surface area (Å²) in [6.07, 6.45) is 1.78. The van der Waals surface area contributed by atoms with Gasteiger partial charge in [-0.1, -0.05) is 66.7 Å². The summed E-state index contributed by atoms with van der Waals surface area (Å²) >= 11 is 0. The summed E-state index contributed by atoms with van der Waals surface area (Å²) in [5.74, 6) is 2.54. The highest BCUT2D eigenvalue weighted by atomic mass is 16.5. The van der Waals surface area contributed by atoms with Gasteiger partial charge in [-0.3, -0.25) is 0 Å². The minimum atomic E-state index is 0.720. The number of ether oxygens (including phenoxy) is 1. The average Bonchev–Trinajstić information content (AvgIpc) is 2.75. The molecule has 0 saturated carbocycles. The lowest BCUT2D eigenvalue weighted by Gasteiger charge is -2.12. The summed E-state index contributed by atoms with van der Waals surface area (Å²) in [6, 6.07) is 32.3. The third kappa shape index (κ3) is 4.33. The number of hydrogen-bond acceptors (Lipinski definition) is 3. The first-order chi connectivity index (χ1) is 13.4. The molecule has 0 aliphatic heterocycles. The fraction of sp³-hybridized carbons (Fsp3) is 0.0417. The molecule has 0 bridgehead atoms. The van der Waals surface area contributed by atoms with Gasteiger partial charge in [-0.15, -0.1) is 0 Å². The molecule has 1 aromatic heterocycles. The Balaban J connectivity index is 1.46. The van der Waals surface area contributed by atoms with E-state index in [2.05, 4.69) is 40.6 Å². The van der Waals surface area contributed by atoms with Crippen molar-refractivity contribution < 1.29 is 4.74 Å². The van der Waals surface area contributed by atoms with Crippen molar-refractivity contribution in [1.29, 1.82) is 0 Å². The molecule has 0 saturated heterocycles. The van der Waals surface area contributed by atoms with E-state index in [-0.39, 0.29) is 0 Å². The van der Waals surface area contributed by atoms with Gasteiger partial charge >= 0.3 is 0 Å². The van der Waals surface area contributed by atoms with Crippen LogP contribution >= 0.6 is 0 Å². The largest absolute Gasteiger partial charge is 0.457 e. The Hall–Kier alpha value is -3.59. The lowest BCUT2D eigenvalue weighted by Crippen LogP contribution is -2.00. The number of hydrogen-bond donors (Lipinski definition) is 1. The number of rotatable bonds is 6. The van der Waals surface area contributed by atoms with E-state index >= 15 is 0 Å². The highest BCUT2D eigenvalue weighted by Crippen LogP contribution is 2.33. The second-order valence-corrected chi connectivity index (χ2v) is 6.18. The van der Waals surface area contributed by atoms with Crippen LogP contribution in [0.5, 0.6) is 11.5 Å². The minimum Gasteiger partial charge on any atom is -0.457 e. The van der Waals surface area contributed by atoms with Crippen molar-refractivity contribution in [3.05, 3.63) is 109 Å². The van der Waals surface area contributed by atoms with Crippen molar-refractivity contribution in [3.63, 3.8) is 0 Å². The molecule has 27 heavy (non-hydrogen) atoms. The maximum Gasteiger partial charge on any atom is 0.135 e. The zero-order valence-electron chi connectivity index (χ0n) is 14.9. The van der Waals surface area contributed by atoms with Crippen LogP contribution in [0.25, 0.3) is 11.1 Å².